The Labute approximate surface area is 240 Å². The molecule has 3 aromatic rings. The van der Waals surface area contributed by atoms with Crippen LogP contribution in [0.1, 0.15) is 24.8 Å². The van der Waals surface area contributed by atoms with Crippen molar-refractivity contribution in [2.24, 2.45) is 5.92 Å². The number of amides is 2. The number of rotatable bonds is 4. The topological polar surface area (TPSA) is 99.7 Å². The molecule has 9 nitrogen and oxygen atoms in total. The summed E-state index contributed by atoms with van der Waals surface area (Å²) in [6, 6.07) is 15.7. The van der Waals surface area contributed by atoms with Crippen molar-refractivity contribution in [3.63, 3.8) is 0 Å². The first kappa shape index (κ1) is 28.0. The normalized spacial score (nSPS) is 18.3. The molecule has 1 fully saturated rings. The second-order valence-electron chi connectivity index (χ2n) is 10.5. The summed E-state index contributed by atoms with van der Waals surface area (Å²) in [6.45, 7) is 6.85. The van der Waals surface area contributed by atoms with Gasteiger partial charge in [0.05, 0.1) is 12.3 Å². The van der Waals surface area contributed by atoms with Gasteiger partial charge in [-0.3, -0.25) is 14.5 Å². The molecule has 5 rings (SSSR count). The first-order valence-corrected chi connectivity index (χ1v) is 14.0. The van der Waals surface area contributed by atoms with Crippen molar-refractivity contribution < 1.29 is 14.3 Å². The summed E-state index contributed by atoms with van der Waals surface area (Å²) in [4.78, 5) is 38.1. The van der Waals surface area contributed by atoms with E-state index in [1.807, 2.05) is 42.5 Å². The number of nitrogens with one attached hydrogen (secondary N) is 2. The van der Waals surface area contributed by atoms with Gasteiger partial charge in [0.1, 0.15) is 5.75 Å². The number of hydrogen-bond donors (Lipinski definition) is 2. The molecule has 1 atom stereocenters. The molecule has 2 N–H and O–H groups in total. The highest BCUT2D eigenvalue weighted by atomic mass is 16.5. The molecule has 9 heteroatoms. The lowest BCUT2D eigenvalue weighted by atomic mass is 10.0. The van der Waals surface area contributed by atoms with Gasteiger partial charge in [-0.05, 0) is 73.8 Å². The summed E-state index contributed by atoms with van der Waals surface area (Å²) in [5, 5.41) is 6.41. The summed E-state index contributed by atoms with van der Waals surface area (Å²) in [5.41, 5.74) is 4.23. The zero-order valence-corrected chi connectivity index (χ0v) is 23.4. The third-order valence-electron chi connectivity index (χ3n) is 7.15. The molecule has 0 radical (unpaired) electrons. The van der Waals surface area contributed by atoms with Crippen LogP contribution in [0.15, 0.2) is 79.5 Å². The molecule has 2 aliphatic heterocycles. The quantitative estimate of drug-likeness (QED) is 0.346. The largest absolute Gasteiger partial charge is 0.493 e. The molecular formula is C32H36N6O3. The lowest BCUT2D eigenvalue weighted by Gasteiger charge is -2.18. The Balaban J connectivity index is 1.38. The van der Waals surface area contributed by atoms with Crippen molar-refractivity contribution in [1.29, 1.82) is 0 Å². The van der Waals surface area contributed by atoms with E-state index in [-0.39, 0.29) is 17.7 Å². The second-order valence-corrected chi connectivity index (χ2v) is 10.5. The van der Waals surface area contributed by atoms with E-state index in [1.165, 1.54) is 6.08 Å². The van der Waals surface area contributed by atoms with Crippen LogP contribution in [0.4, 0.5) is 17.3 Å². The fourth-order valence-corrected chi connectivity index (χ4v) is 5.18. The minimum absolute atomic E-state index is 0.0721. The Morgan fingerprint density at radius 1 is 1.20 bits per heavy atom. The van der Waals surface area contributed by atoms with E-state index in [1.54, 1.807) is 11.1 Å². The molecule has 1 unspecified atom stereocenters. The number of likely N-dealkylation sites (tertiary alicyclic amines) is 1. The number of likely N-dealkylation sites (N-methyl/N-ethyl adjacent to an activating group) is 1. The zero-order valence-electron chi connectivity index (χ0n) is 23.4. The summed E-state index contributed by atoms with van der Waals surface area (Å²) < 4.78 is 5.95. The van der Waals surface area contributed by atoms with Gasteiger partial charge in [-0.1, -0.05) is 30.9 Å². The Morgan fingerprint density at radius 2 is 2.10 bits per heavy atom. The molecule has 2 aromatic carbocycles. The Bertz CT molecular complexity index is 1440. The second kappa shape index (κ2) is 13.2. The number of nitrogens with zero attached hydrogens (tertiary/aromatic N) is 4. The molecule has 1 saturated heterocycles. The number of benzene rings is 2. The van der Waals surface area contributed by atoms with E-state index >= 15 is 0 Å². The Morgan fingerprint density at radius 3 is 2.98 bits per heavy atom. The van der Waals surface area contributed by atoms with Crippen molar-refractivity contribution >= 4 is 29.1 Å². The van der Waals surface area contributed by atoms with Crippen LogP contribution in [0.25, 0.3) is 11.3 Å². The highest BCUT2D eigenvalue weighted by molar-refractivity contribution is 5.92. The standard InChI is InChI=1S/C32H36N6O3/c1-3-31(40)38-14-11-23(22-38)18-30(39)34-26-16-24-17-27(20-26)35-32-33-12-10-29(36-32)25-8-7-9-28(19-25)41-15-6-4-5-13-37(2)21-24/h3-5,7-10,12,16-17,19-20,23H,1,6,11,13-15,18,21-22H2,2H3,(H,34,39)(H,33,35,36)/b5-4+. The van der Waals surface area contributed by atoms with Gasteiger partial charge in [0, 0.05) is 55.7 Å². The molecule has 0 aliphatic carbocycles. The van der Waals surface area contributed by atoms with E-state index in [4.69, 9.17) is 9.72 Å². The van der Waals surface area contributed by atoms with Gasteiger partial charge in [0.2, 0.25) is 17.8 Å². The molecule has 3 heterocycles. The number of fused-ring (bicyclic) bond motifs is 7. The summed E-state index contributed by atoms with van der Waals surface area (Å²) >= 11 is 0. The maximum Gasteiger partial charge on any atom is 0.245 e. The molecule has 6 bridgehead atoms. The molecule has 2 amide bonds. The van der Waals surface area contributed by atoms with Crippen molar-refractivity contribution in [2.75, 3.05) is 43.9 Å². The lowest BCUT2D eigenvalue weighted by molar-refractivity contribution is -0.125. The number of carbonyl (C=O) groups excluding carboxylic acids is 2. The summed E-state index contributed by atoms with van der Waals surface area (Å²) in [5.74, 6) is 1.23. The van der Waals surface area contributed by atoms with Gasteiger partial charge in [-0.25, -0.2) is 9.97 Å². The van der Waals surface area contributed by atoms with E-state index < -0.39 is 0 Å². The van der Waals surface area contributed by atoms with Crippen LogP contribution in [0.5, 0.6) is 5.75 Å². The van der Waals surface area contributed by atoms with Crippen LogP contribution >= 0.6 is 0 Å². The molecule has 41 heavy (non-hydrogen) atoms. The molecule has 0 spiro atoms. The Kier molecular flexibility index (Phi) is 9.05. The van der Waals surface area contributed by atoms with E-state index in [9.17, 15) is 9.59 Å². The van der Waals surface area contributed by atoms with Gasteiger partial charge in [0.25, 0.3) is 0 Å². The maximum absolute atomic E-state index is 13.0. The van der Waals surface area contributed by atoms with Crippen molar-refractivity contribution in [3.05, 3.63) is 85.1 Å². The number of carbonyl (C=O) groups is 2. The third kappa shape index (κ3) is 7.79. The van der Waals surface area contributed by atoms with Gasteiger partial charge < -0.3 is 20.3 Å². The smallest absolute Gasteiger partial charge is 0.245 e. The maximum atomic E-state index is 13.0. The molecule has 2 aliphatic rings. The predicted molar refractivity (Wildman–Crippen MR) is 161 cm³/mol. The number of hydrogen-bond acceptors (Lipinski definition) is 7. The average Bonchev–Trinajstić information content (AvgIpc) is 3.42. The highest BCUT2D eigenvalue weighted by Crippen LogP contribution is 2.27. The molecule has 1 aromatic heterocycles. The van der Waals surface area contributed by atoms with E-state index in [0.29, 0.717) is 44.3 Å². The van der Waals surface area contributed by atoms with E-state index in [2.05, 4.69) is 52.4 Å². The summed E-state index contributed by atoms with van der Waals surface area (Å²) in [7, 11) is 2.06. The number of aromatic nitrogens is 2. The van der Waals surface area contributed by atoms with Crippen molar-refractivity contribution in [1.82, 2.24) is 19.8 Å². The van der Waals surface area contributed by atoms with Crippen LogP contribution < -0.4 is 15.4 Å². The third-order valence-corrected chi connectivity index (χ3v) is 7.15. The van der Waals surface area contributed by atoms with Crippen LogP contribution in [0.3, 0.4) is 0 Å². The van der Waals surface area contributed by atoms with Crippen molar-refractivity contribution in [3.8, 4) is 17.0 Å². The molecule has 212 valence electrons. The minimum atomic E-state index is -0.0835. The van der Waals surface area contributed by atoms with Gasteiger partial charge in [-0.15, -0.1) is 0 Å². The van der Waals surface area contributed by atoms with Gasteiger partial charge >= 0.3 is 0 Å². The molecular weight excluding hydrogens is 516 g/mol. The first-order valence-electron chi connectivity index (χ1n) is 14.0. The van der Waals surface area contributed by atoms with Crippen LogP contribution in [-0.2, 0) is 16.1 Å². The fraction of sp³-hybridized carbons (Fsp3) is 0.312. The average molecular weight is 553 g/mol. The number of ether oxygens (including phenoxy) is 1. The van der Waals surface area contributed by atoms with Crippen LogP contribution in [-0.4, -0.2) is 64.9 Å². The van der Waals surface area contributed by atoms with Gasteiger partial charge in [0.15, 0.2) is 0 Å². The predicted octanol–water partition coefficient (Wildman–Crippen LogP) is 5.02. The SMILES string of the molecule is C=CC(=O)N1CCC(CC(=O)Nc2cc3cc(c2)Nc2nccc(n2)-c2cccc(c2)OCC/C=C/CN(C)C3)C1. The van der Waals surface area contributed by atoms with Crippen LogP contribution in [0, 0.1) is 5.92 Å². The highest BCUT2D eigenvalue weighted by Gasteiger charge is 2.26. The van der Waals surface area contributed by atoms with Crippen LogP contribution in [0.2, 0.25) is 0 Å². The fourth-order valence-electron chi connectivity index (χ4n) is 5.18. The molecule has 0 saturated carbocycles. The first-order chi connectivity index (χ1) is 19.9. The lowest BCUT2D eigenvalue weighted by Crippen LogP contribution is -2.27. The minimum Gasteiger partial charge on any atom is -0.493 e. The zero-order chi connectivity index (χ0) is 28.6. The van der Waals surface area contributed by atoms with Gasteiger partial charge in [-0.2, -0.15) is 0 Å². The van der Waals surface area contributed by atoms with Crippen molar-refractivity contribution in [2.45, 2.75) is 25.8 Å². The Hall–Kier alpha value is -4.50. The summed E-state index contributed by atoms with van der Waals surface area (Å²) in [6.07, 6.45) is 9.31. The monoisotopic (exact) mass is 552 g/mol. The van der Waals surface area contributed by atoms with E-state index in [0.717, 1.165) is 47.6 Å². The number of anilines is 3.